The maximum absolute atomic E-state index is 8.96. The summed E-state index contributed by atoms with van der Waals surface area (Å²) in [5.74, 6) is 0. The molecule has 0 aromatic heterocycles. The number of hydrogen-bond donors (Lipinski definition) is 1. The summed E-state index contributed by atoms with van der Waals surface area (Å²) in [6.45, 7) is 3.90. The Balaban J connectivity index is 2.09. The van der Waals surface area contributed by atoms with Gasteiger partial charge in [-0.2, -0.15) is 0 Å². The van der Waals surface area contributed by atoms with Crippen LogP contribution in [0.4, 0.5) is 0 Å². The predicted molar refractivity (Wildman–Crippen MR) is 35.2 cm³/mol. The van der Waals surface area contributed by atoms with Gasteiger partial charge >= 0.3 is 0 Å². The molecule has 1 aliphatic heterocycles. The molecule has 1 rings (SSSR count). The molecule has 3 atom stereocenters. The summed E-state index contributed by atoms with van der Waals surface area (Å²) < 4.78 is 5.17. The first kappa shape index (κ1) is 7.03. The summed E-state index contributed by atoms with van der Waals surface area (Å²) in [5, 5.41) is 8.96. The molecule has 0 unspecified atom stereocenters. The Labute approximate surface area is 55.8 Å². The van der Waals surface area contributed by atoms with Gasteiger partial charge in [-0.25, -0.2) is 0 Å². The van der Waals surface area contributed by atoms with E-state index >= 15 is 0 Å². The third kappa shape index (κ3) is 1.66. The molecule has 0 bridgehead atoms. The molecule has 1 N–H and O–H groups in total. The standard InChI is InChI=1S/C7H14O2/c1-3-4-6-7(9-6)5(2)8/h5-8H,3-4H2,1-2H3/t5-,6-,7-/m0/s1. The molecule has 2 heteroatoms. The number of rotatable bonds is 3. The van der Waals surface area contributed by atoms with Gasteiger partial charge in [-0.3, -0.25) is 0 Å². The first-order valence-corrected chi connectivity index (χ1v) is 3.59. The lowest BCUT2D eigenvalue weighted by Gasteiger charge is -1.94. The third-order valence-electron chi connectivity index (χ3n) is 1.67. The van der Waals surface area contributed by atoms with Gasteiger partial charge in [0.25, 0.3) is 0 Å². The Morgan fingerprint density at radius 2 is 2.33 bits per heavy atom. The summed E-state index contributed by atoms with van der Waals surface area (Å²) in [5.41, 5.74) is 0. The second-order valence-corrected chi connectivity index (χ2v) is 2.67. The van der Waals surface area contributed by atoms with Crippen molar-refractivity contribution < 1.29 is 9.84 Å². The smallest absolute Gasteiger partial charge is 0.110 e. The van der Waals surface area contributed by atoms with Crippen molar-refractivity contribution >= 4 is 0 Å². The Kier molecular flexibility index (Phi) is 2.09. The van der Waals surface area contributed by atoms with Crippen LogP contribution in [-0.4, -0.2) is 23.4 Å². The average Bonchev–Trinajstić information content (AvgIpc) is 2.47. The molecule has 9 heavy (non-hydrogen) atoms. The SMILES string of the molecule is CCC[C@@H]1O[C@H]1[C@H](C)O. The van der Waals surface area contributed by atoms with Gasteiger partial charge in [-0.05, 0) is 13.3 Å². The molecular weight excluding hydrogens is 116 g/mol. The molecule has 54 valence electrons. The largest absolute Gasteiger partial charge is 0.391 e. The van der Waals surface area contributed by atoms with Crippen LogP contribution in [-0.2, 0) is 4.74 Å². The van der Waals surface area contributed by atoms with Crippen molar-refractivity contribution in [3.63, 3.8) is 0 Å². The monoisotopic (exact) mass is 130 g/mol. The van der Waals surface area contributed by atoms with Crippen molar-refractivity contribution in [2.45, 2.75) is 45.0 Å². The topological polar surface area (TPSA) is 32.8 Å². The van der Waals surface area contributed by atoms with E-state index in [4.69, 9.17) is 9.84 Å². The maximum atomic E-state index is 8.96. The lowest BCUT2D eigenvalue weighted by atomic mass is 10.1. The third-order valence-corrected chi connectivity index (χ3v) is 1.67. The highest BCUT2D eigenvalue weighted by molar-refractivity contribution is 4.87. The fourth-order valence-corrected chi connectivity index (χ4v) is 1.10. The minimum atomic E-state index is -0.276. The zero-order valence-corrected chi connectivity index (χ0v) is 6.00. The van der Waals surface area contributed by atoms with E-state index < -0.39 is 0 Å². The van der Waals surface area contributed by atoms with Gasteiger partial charge in [-0.1, -0.05) is 13.3 Å². The first-order valence-electron chi connectivity index (χ1n) is 3.59. The second kappa shape index (κ2) is 2.67. The molecule has 0 spiro atoms. The summed E-state index contributed by atoms with van der Waals surface area (Å²) in [7, 11) is 0. The van der Waals surface area contributed by atoms with Crippen molar-refractivity contribution in [2.75, 3.05) is 0 Å². The molecule has 0 aromatic carbocycles. The minimum absolute atomic E-state index is 0.143. The molecule has 0 aliphatic carbocycles. The summed E-state index contributed by atoms with van der Waals surface area (Å²) in [6, 6.07) is 0. The normalized spacial score (nSPS) is 36.3. The molecule has 1 fully saturated rings. The van der Waals surface area contributed by atoms with E-state index in [9.17, 15) is 0 Å². The zero-order chi connectivity index (χ0) is 6.85. The van der Waals surface area contributed by atoms with E-state index in [1.54, 1.807) is 6.92 Å². The van der Waals surface area contributed by atoms with E-state index in [-0.39, 0.29) is 12.2 Å². The lowest BCUT2D eigenvalue weighted by Crippen LogP contribution is -2.11. The first-order chi connectivity index (χ1) is 4.25. The highest BCUT2D eigenvalue weighted by Crippen LogP contribution is 2.28. The lowest BCUT2D eigenvalue weighted by molar-refractivity contribution is 0.152. The van der Waals surface area contributed by atoms with Crippen LogP contribution >= 0.6 is 0 Å². The van der Waals surface area contributed by atoms with E-state index in [1.807, 2.05) is 0 Å². The quantitative estimate of drug-likeness (QED) is 0.576. The second-order valence-electron chi connectivity index (χ2n) is 2.67. The molecule has 1 saturated heterocycles. The molecule has 0 saturated carbocycles. The number of epoxide rings is 1. The predicted octanol–water partition coefficient (Wildman–Crippen LogP) is 0.935. The highest BCUT2D eigenvalue weighted by Gasteiger charge is 2.41. The van der Waals surface area contributed by atoms with Gasteiger partial charge < -0.3 is 9.84 Å². The molecular formula is C7H14O2. The van der Waals surface area contributed by atoms with Crippen LogP contribution < -0.4 is 0 Å². The van der Waals surface area contributed by atoms with E-state index in [0.717, 1.165) is 12.8 Å². The van der Waals surface area contributed by atoms with Crippen LogP contribution in [0.15, 0.2) is 0 Å². The Morgan fingerprint density at radius 3 is 2.67 bits per heavy atom. The van der Waals surface area contributed by atoms with Gasteiger partial charge in [0.05, 0.1) is 12.2 Å². The zero-order valence-electron chi connectivity index (χ0n) is 6.00. The van der Waals surface area contributed by atoms with Crippen molar-refractivity contribution in [1.29, 1.82) is 0 Å². The fraction of sp³-hybridized carbons (Fsp3) is 1.00. The average molecular weight is 130 g/mol. The number of hydrogen-bond acceptors (Lipinski definition) is 2. The minimum Gasteiger partial charge on any atom is -0.391 e. The molecule has 0 radical (unpaired) electrons. The van der Waals surface area contributed by atoms with Crippen LogP contribution in [0.25, 0.3) is 0 Å². The van der Waals surface area contributed by atoms with Crippen molar-refractivity contribution in [3.8, 4) is 0 Å². The number of ether oxygens (including phenoxy) is 1. The maximum Gasteiger partial charge on any atom is 0.110 e. The van der Waals surface area contributed by atoms with Gasteiger partial charge in [0, 0.05) is 0 Å². The van der Waals surface area contributed by atoms with Crippen LogP contribution in [0.5, 0.6) is 0 Å². The molecule has 0 aromatic rings. The molecule has 1 aliphatic rings. The van der Waals surface area contributed by atoms with Crippen LogP contribution in [0.1, 0.15) is 26.7 Å². The highest BCUT2D eigenvalue weighted by atomic mass is 16.6. The molecule has 2 nitrogen and oxygen atoms in total. The van der Waals surface area contributed by atoms with Crippen LogP contribution in [0.3, 0.4) is 0 Å². The van der Waals surface area contributed by atoms with Gasteiger partial charge in [0.2, 0.25) is 0 Å². The van der Waals surface area contributed by atoms with Crippen molar-refractivity contribution in [1.82, 2.24) is 0 Å². The summed E-state index contributed by atoms with van der Waals surface area (Å²) in [6.07, 6.45) is 2.46. The molecule has 1 heterocycles. The van der Waals surface area contributed by atoms with Crippen molar-refractivity contribution in [2.24, 2.45) is 0 Å². The number of aliphatic hydroxyl groups excluding tert-OH is 1. The molecule has 0 amide bonds. The Hall–Kier alpha value is -0.0800. The van der Waals surface area contributed by atoms with E-state index in [1.165, 1.54) is 0 Å². The van der Waals surface area contributed by atoms with Gasteiger partial charge in [0.1, 0.15) is 6.10 Å². The fourth-order valence-electron chi connectivity index (χ4n) is 1.10. The van der Waals surface area contributed by atoms with Gasteiger partial charge in [0.15, 0.2) is 0 Å². The summed E-state index contributed by atoms with van der Waals surface area (Å²) in [4.78, 5) is 0. The Bertz CT molecular complexity index is 90.9. The van der Waals surface area contributed by atoms with Crippen molar-refractivity contribution in [3.05, 3.63) is 0 Å². The number of aliphatic hydroxyl groups is 1. The van der Waals surface area contributed by atoms with E-state index in [2.05, 4.69) is 6.92 Å². The van der Waals surface area contributed by atoms with E-state index in [0.29, 0.717) is 6.10 Å². The van der Waals surface area contributed by atoms with Crippen LogP contribution in [0.2, 0.25) is 0 Å². The summed E-state index contributed by atoms with van der Waals surface area (Å²) >= 11 is 0. The van der Waals surface area contributed by atoms with Crippen LogP contribution in [0, 0.1) is 0 Å². The Morgan fingerprint density at radius 1 is 1.67 bits per heavy atom. The van der Waals surface area contributed by atoms with Gasteiger partial charge in [-0.15, -0.1) is 0 Å².